The van der Waals surface area contributed by atoms with Gasteiger partial charge in [0.2, 0.25) is 0 Å². The lowest BCUT2D eigenvalue weighted by molar-refractivity contribution is -0.150. The van der Waals surface area contributed by atoms with Gasteiger partial charge in [-0.1, -0.05) is 17.7 Å². The zero-order valence-corrected chi connectivity index (χ0v) is 12.2. The number of benzene rings is 1. The standard InChI is InChI=1S/C16H23NO3/c1-11-6-8-13(9-7-11)20-14-4-3-5-15(17)16(18)19-12(2)10-14/h6-9,12,14-15H,3-5,10,17H2,1-2H3/t12?,14?,15-/m0/s1. The molecule has 1 aliphatic heterocycles. The molecule has 0 radical (unpaired) electrons. The maximum atomic E-state index is 11.6. The van der Waals surface area contributed by atoms with Crippen LogP contribution in [0.3, 0.4) is 0 Å². The number of hydrogen-bond donors (Lipinski definition) is 1. The van der Waals surface area contributed by atoms with Gasteiger partial charge < -0.3 is 15.2 Å². The molecule has 2 N–H and O–H groups in total. The molecule has 1 aliphatic rings. The number of rotatable bonds is 2. The fourth-order valence-corrected chi connectivity index (χ4v) is 2.42. The maximum absolute atomic E-state index is 11.6. The predicted octanol–water partition coefficient (Wildman–Crippen LogP) is 2.58. The summed E-state index contributed by atoms with van der Waals surface area (Å²) in [5.74, 6) is 0.566. The molecule has 1 saturated heterocycles. The van der Waals surface area contributed by atoms with Crippen molar-refractivity contribution in [3.8, 4) is 5.75 Å². The van der Waals surface area contributed by atoms with Gasteiger partial charge in [0.1, 0.15) is 24.0 Å². The lowest BCUT2D eigenvalue weighted by Crippen LogP contribution is -2.34. The summed E-state index contributed by atoms with van der Waals surface area (Å²) < 4.78 is 11.3. The van der Waals surface area contributed by atoms with Crippen LogP contribution in [0.1, 0.15) is 38.2 Å². The topological polar surface area (TPSA) is 61.5 Å². The Morgan fingerprint density at radius 3 is 2.65 bits per heavy atom. The third-order valence-corrected chi connectivity index (χ3v) is 3.58. The molecular formula is C16H23NO3. The minimum Gasteiger partial charge on any atom is -0.490 e. The molecule has 0 spiro atoms. The van der Waals surface area contributed by atoms with Crippen molar-refractivity contribution in [2.75, 3.05) is 0 Å². The lowest BCUT2D eigenvalue weighted by atomic mass is 10.0. The molecule has 0 aromatic heterocycles. The summed E-state index contributed by atoms with van der Waals surface area (Å²) in [5, 5.41) is 0. The van der Waals surface area contributed by atoms with Crippen LogP contribution in [-0.4, -0.2) is 24.2 Å². The second kappa shape index (κ2) is 6.75. The first kappa shape index (κ1) is 14.9. The number of carbonyl (C=O) groups is 1. The molecule has 1 aromatic carbocycles. The minimum absolute atomic E-state index is 0.0609. The minimum atomic E-state index is -0.504. The third kappa shape index (κ3) is 4.23. The number of ether oxygens (including phenoxy) is 2. The highest BCUT2D eigenvalue weighted by atomic mass is 16.5. The molecule has 4 heteroatoms. The third-order valence-electron chi connectivity index (χ3n) is 3.58. The van der Waals surface area contributed by atoms with Crippen molar-refractivity contribution < 1.29 is 14.3 Å². The Hall–Kier alpha value is -1.55. The van der Waals surface area contributed by atoms with E-state index in [2.05, 4.69) is 0 Å². The molecule has 0 amide bonds. The van der Waals surface area contributed by atoms with E-state index in [0.29, 0.717) is 12.8 Å². The summed E-state index contributed by atoms with van der Waals surface area (Å²) in [6.07, 6.45) is 3.01. The molecule has 1 heterocycles. The molecule has 20 heavy (non-hydrogen) atoms. The number of carbonyl (C=O) groups excluding carboxylic acids is 1. The van der Waals surface area contributed by atoms with Crippen molar-refractivity contribution >= 4 is 5.97 Å². The van der Waals surface area contributed by atoms with E-state index < -0.39 is 6.04 Å². The highest BCUT2D eigenvalue weighted by molar-refractivity contribution is 5.75. The van der Waals surface area contributed by atoms with E-state index in [1.54, 1.807) is 0 Å². The Labute approximate surface area is 120 Å². The number of hydrogen-bond acceptors (Lipinski definition) is 4. The van der Waals surface area contributed by atoms with Gasteiger partial charge in [-0.25, -0.2) is 0 Å². The van der Waals surface area contributed by atoms with Gasteiger partial charge in [-0.15, -0.1) is 0 Å². The summed E-state index contributed by atoms with van der Waals surface area (Å²) in [6.45, 7) is 3.94. The van der Waals surface area contributed by atoms with Gasteiger partial charge in [-0.2, -0.15) is 0 Å². The lowest BCUT2D eigenvalue weighted by Gasteiger charge is -2.21. The predicted molar refractivity (Wildman–Crippen MR) is 77.6 cm³/mol. The number of cyclic esters (lactones) is 1. The van der Waals surface area contributed by atoms with Gasteiger partial charge >= 0.3 is 5.97 Å². The normalized spacial score (nSPS) is 27.9. The van der Waals surface area contributed by atoms with Gasteiger partial charge in [0, 0.05) is 6.42 Å². The smallest absolute Gasteiger partial charge is 0.323 e. The van der Waals surface area contributed by atoms with Crippen LogP contribution in [0.25, 0.3) is 0 Å². The van der Waals surface area contributed by atoms with Crippen molar-refractivity contribution in [2.24, 2.45) is 5.73 Å². The van der Waals surface area contributed by atoms with Crippen molar-refractivity contribution in [3.05, 3.63) is 29.8 Å². The Bertz CT molecular complexity index is 444. The van der Waals surface area contributed by atoms with Crippen molar-refractivity contribution in [2.45, 2.75) is 57.8 Å². The first-order chi connectivity index (χ1) is 9.54. The molecule has 3 atom stereocenters. The second-order valence-corrected chi connectivity index (χ2v) is 5.57. The number of esters is 1. The van der Waals surface area contributed by atoms with Gasteiger partial charge in [0.15, 0.2) is 0 Å². The fraction of sp³-hybridized carbons (Fsp3) is 0.562. The molecule has 4 nitrogen and oxygen atoms in total. The zero-order chi connectivity index (χ0) is 14.5. The van der Waals surface area contributed by atoms with Gasteiger partial charge in [-0.05, 0) is 45.2 Å². The van der Waals surface area contributed by atoms with E-state index in [1.165, 1.54) is 5.56 Å². The van der Waals surface area contributed by atoms with Gasteiger partial charge in [-0.3, -0.25) is 4.79 Å². The van der Waals surface area contributed by atoms with Crippen LogP contribution < -0.4 is 10.5 Å². The Morgan fingerprint density at radius 1 is 1.25 bits per heavy atom. The van der Waals surface area contributed by atoms with Crippen LogP contribution in [-0.2, 0) is 9.53 Å². The monoisotopic (exact) mass is 277 g/mol. The van der Waals surface area contributed by atoms with Crippen molar-refractivity contribution in [1.29, 1.82) is 0 Å². The summed E-state index contributed by atoms with van der Waals surface area (Å²) >= 11 is 0. The number of nitrogens with two attached hydrogens (primary N) is 1. The highest BCUT2D eigenvalue weighted by Gasteiger charge is 2.24. The quantitative estimate of drug-likeness (QED) is 0.844. The van der Waals surface area contributed by atoms with E-state index in [1.807, 2.05) is 38.1 Å². The summed E-state index contributed by atoms with van der Waals surface area (Å²) in [7, 11) is 0. The van der Waals surface area contributed by atoms with Crippen LogP contribution >= 0.6 is 0 Å². The molecule has 2 rings (SSSR count). The van der Waals surface area contributed by atoms with Gasteiger partial charge in [0.25, 0.3) is 0 Å². The van der Waals surface area contributed by atoms with Gasteiger partial charge in [0.05, 0.1) is 0 Å². The van der Waals surface area contributed by atoms with E-state index in [0.717, 1.165) is 18.6 Å². The van der Waals surface area contributed by atoms with Crippen LogP contribution in [0.15, 0.2) is 24.3 Å². The van der Waals surface area contributed by atoms with E-state index in [-0.39, 0.29) is 18.2 Å². The van der Waals surface area contributed by atoms with Crippen molar-refractivity contribution in [1.82, 2.24) is 0 Å². The van der Waals surface area contributed by atoms with Crippen LogP contribution in [0.4, 0.5) is 0 Å². The van der Waals surface area contributed by atoms with E-state index in [9.17, 15) is 4.79 Å². The highest BCUT2D eigenvalue weighted by Crippen LogP contribution is 2.21. The summed E-state index contributed by atoms with van der Waals surface area (Å²) in [6, 6.07) is 7.51. The molecule has 1 aromatic rings. The van der Waals surface area contributed by atoms with Crippen LogP contribution in [0.2, 0.25) is 0 Å². The molecule has 0 bridgehead atoms. The molecule has 1 fully saturated rings. The first-order valence-corrected chi connectivity index (χ1v) is 7.24. The van der Waals surface area contributed by atoms with Crippen molar-refractivity contribution in [3.63, 3.8) is 0 Å². The Kier molecular flexibility index (Phi) is 5.01. The zero-order valence-electron chi connectivity index (χ0n) is 12.2. The molecule has 0 aliphatic carbocycles. The maximum Gasteiger partial charge on any atom is 0.323 e. The average molecular weight is 277 g/mol. The molecule has 0 saturated carbocycles. The first-order valence-electron chi connectivity index (χ1n) is 7.24. The van der Waals surface area contributed by atoms with Crippen LogP contribution in [0.5, 0.6) is 5.75 Å². The Morgan fingerprint density at radius 2 is 1.95 bits per heavy atom. The SMILES string of the molecule is Cc1ccc(OC2CCC[C@H](N)C(=O)OC(C)C2)cc1. The van der Waals surface area contributed by atoms with E-state index in [4.69, 9.17) is 15.2 Å². The Balaban J connectivity index is 1.99. The van der Waals surface area contributed by atoms with Crippen LogP contribution in [0, 0.1) is 6.92 Å². The van der Waals surface area contributed by atoms with E-state index >= 15 is 0 Å². The number of aryl methyl sites for hydroxylation is 1. The summed E-state index contributed by atoms with van der Waals surface area (Å²) in [4.78, 5) is 11.6. The molecule has 110 valence electrons. The fourth-order valence-electron chi connectivity index (χ4n) is 2.42. The largest absolute Gasteiger partial charge is 0.490 e. The molecule has 2 unspecified atom stereocenters. The average Bonchev–Trinajstić information content (AvgIpc) is 2.45. The second-order valence-electron chi connectivity index (χ2n) is 5.57. The molecular weight excluding hydrogens is 254 g/mol. The summed E-state index contributed by atoms with van der Waals surface area (Å²) in [5.41, 5.74) is 6.99.